The van der Waals surface area contributed by atoms with Crippen molar-refractivity contribution in [1.82, 2.24) is 0 Å². The molecule has 0 spiro atoms. The van der Waals surface area contributed by atoms with Gasteiger partial charge in [-0.25, -0.2) is 0 Å². The molecule has 0 amide bonds. The lowest BCUT2D eigenvalue weighted by molar-refractivity contribution is -0.124. The molecule has 2 nitrogen and oxygen atoms in total. The Hall–Kier alpha value is -1.18. The predicted molar refractivity (Wildman–Crippen MR) is 114 cm³/mol. The highest BCUT2D eigenvalue weighted by atomic mass is 16.1. The largest absolute Gasteiger partial charge is 0.300 e. The molecular formula is C25H40O2. The molecule has 4 unspecified atom stereocenters. The van der Waals surface area contributed by atoms with Crippen LogP contribution in [-0.4, -0.2) is 11.6 Å². The monoisotopic (exact) mass is 372 g/mol. The summed E-state index contributed by atoms with van der Waals surface area (Å²) in [6.07, 6.45) is 12.9. The number of rotatable bonds is 5. The summed E-state index contributed by atoms with van der Waals surface area (Å²) in [7, 11) is 0. The van der Waals surface area contributed by atoms with E-state index in [2.05, 4.69) is 40.3 Å². The van der Waals surface area contributed by atoms with E-state index in [1.807, 2.05) is 0 Å². The number of ketones is 2. The maximum absolute atomic E-state index is 12.5. The highest BCUT2D eigenvalue weighted by Gasteiger charge is 2.51. The number of carbonyl (C=O) groups is 2. The van der Waals surface area contributed by atoms with Gasteiger partial charge >= 0.3 is 0 Å². The average molecular weight is 373 g/mol. The van der Waals surface area contributed by atoms with Crippen LogP contribution in [0.4, 0.5) is 0 Å². The quantitative estimate of drug-likeness (QED) is 0.503. The van der Waals surface area contributed by atoms with Crippen LogP contribution in [0.3, 0.4) is 0 Å². The summed E-state index contributed by atoms with van der Waals surface area (Å²) in [5.41, 5.74) is 1.35. The molecule has 0 aromatic carbocycles. The lowest BCUT2D eigenvalue weighted by atomic mass is 9.60. The molecule has 27 heavy (non-hydrogen) atoms. The molecule has 0 N–H and O–H groups in total. The number of hydrogen-bond donors (Lipinski definition) is 0. The number of allylic oxidation sites excluding steroid dienone is 3. The van der Waals surface area contributed by atoms with E-state index in [4.69, 9.17) is 0 Å². The number of unbranched alkanes of at least 4 members (excludes halogenated alkanes) is 1. The van der Waals surface area contributed by atoms with E-state index in [1.54, 1.807) is 13.0 Å². The topological polar surface area (TPSA) is 34.1 Å². The molecule has 0 radical (unpaired) electrons. The second-order valence-electron chi connectivity index (χ2n) is 9.92. The molecule has 2 aliphatic carbocycles. The highest BCUT2D eigenvalue weighted by molar-refractivity contribution is 5.89. The van der Waals surface area contributed by atoms with Crippen molar-refractivity contribution in [2.75, 3.05) is 0 Å². The maximum Gasteiger partial charge on any atom is 0.155 e. The third-order valence-electron chi connectivity index (χ3n) is 7.72. The first-order valence-electron chi connectivity index (χ1n) is 11.0. The SMILES string of the molecule is C=C1C(C2CCC(C(C)=O)C2(C)CCCC)CC/C=C/C(=O)CCC1(C)C. The van der Waals surface area contributed by atoms with Crippen LogP contribution in [0, 0.1) is 28.6 Å². The first kappa shape index (κ1) is 22.1. The van der Waals surface area contributed by atoms with Crippen LogP contribution in [0.2, 0.25) is 0 Å². The average Bonchev–Trinajstić information content (AvgIpc) is 2.95. The van der Waals surface area contributed by atoms with Crippen LogP contribution in [0.15, 0.2) is 24.3 Å². The zero-order valence-electron chi connectivity index (χ0n) is 18.3. The van der Waals surface area contributed by atoms with Gasteiger partial charge in [-0.2, -0.15) is 0 Å². The van der Waals surface area contributed by atoms with Gasteiger partial charge in [-0.05, 0) is 74.2 Å². The predicted octanol–water partition coefficient (Wildman–Crippen LogP) is 6.70. The third kappa shape index (κ3) is 4.81. The first-order chi connectivity index (χ1) is 12.6. The van der Waals surface area contributed by atoms with Gasteiger partial charge in [-0.1, -0.05) is 58.8 Å². The fraction of sp³-hybridized carbons (Fsp3) is 0.760. The van der Waals surface area contributed by atoms with Crippen LogP contribution < -0.4 is 0 Å². The van der Waals surface area contributed by atoms with Crippen LogP contribution in [0.5, 0.6) is 0 Å². The fourth-order valence-electron chi connectivity index (χ4n) is 5.80. The van der Waals surface area contributed by atoms with Crippen molar-refractivity contribution in [3.8, 4) is 0 Å². The molecule has 2 rings (SSSR count). The van der Waals surface area contributed by atoms with Crippen molar-refractivity contribution >= 4 is 11.6 Å². The molecule has 2 heteroatoms. The standard InChI is InChI=1S/C25H40O2/c1-7-8-16-25(6)22(19(3)26)13-14-23(25)21-12-10-9-11-20(27)15-17-24(4,5)18(21)2/h9,11,21-23H,2,7-8,10,12-17H2,1,3-6H3/b11-9+. The van der Waals surface area contributed by atoms with Gasteiger partial charge in [-0.15, -0.1) is 0 Å². The van der Waals surface area contributed by atoms with Crippen molar-refractivity contribution in [1.29, 1.82) is 0 Å². The molecule has 1 fully saturated rings. The number of hydrogen-bond acceptors (Lipinski definition) is 2. The summed E-state index contributed by atoms with van der Waals surface area (Å²) < 4.78 is 0. The van der Waals surface area contributed by atoms with Crippen molar-refractivity contribution in [2.24, 2.45) is 28.6 Å². The summed E-state index contributed by atoms with van der Waals surface area (Å²) in [6, 6.07) is 0. The fourth-order valence-corrected chi connectivity index (χ4v) is 5.80. The van der Waals surface area contributed by atoms with E-state index < -0.39 is 0 Å². The zero-order valence-corrected chi connectivity index (χ0v) is 18.3. The van der Waals surface area contributed by atoms with Gasteiger partial charge in [0.15, 0.2) is 5.78 Å². The lowest BCUT2D eigenvalue weighted by Crippen LogP contribution is -2.38. The molecule has 4 atom stereocenters. The van der Waals surface area contributed by atoms with Gasteiger partial charge in [0.1, 0.15) is 5.78 Å². The molecule has 2 aliphatic rings. The molecule has 0 heterocycles. The molecular weight excluding hydrogens is 332 g/mol. The summed E-state index contributed by atoms with van der Waals surface area (Å²) in [5.74, 6) is 1.75. The zero-order chi connectivity index (χ0) is 20.2. The number of carbonyl (C=O) groups excluding carboxylic acids is 2. The van der Waals surface area contributed by atoms with Gasteiger partial charge in [-0.3, -0.25) is 9.59 Å². The Morgan fingerprint density at radius 3 is 2.56 bits per heavy atom. The Kier molecular flexibility index (Phi) is 7.27. The van der Waals surface area contributed by atoms with Gasteiger partial charge in [0.25, 0.3) is 0 Å². The second-order valence-corrected chi connectivity index (χ2v) is 9.92. The van der Waals surface area contributed by atoms with Crippen LogP contribution in [0.1, 0.15) is 92.4 Å². The third-order valence-corrected chi connectivity index (χ3v) is 7.72. The number of Topliss-reactive ketones (excluding diaryl/α,β-unsaturated/α-hetero) is 1. The molecule has 0 bridgehead atoms. The van der Waals surface area contributed by atoms with Gasteiger partial charge in [0.2, 0.25) is 0 Å². The second kappa shape index (κ2) is 8.88. The van der Waals surface area contributed by atoms with Gasteiger partial charge in [0, 0.05) is 12.3 Å². The molecule has 0 aromatic heterocycles. The Morgan fingerprint density at radius 1 is 1.22 bits per heavy atom. The van der Waals surface area contributed by atoms with Gasteiger partial charge in [0.05, 0.1) is 0 Å². The van der Waals surface area contributed by atoms with E-state index in [0.717, 1.165) is 38.5 Å². The minimum atomic E-state index is -0.0362. The maximum atomic E-state index is 12.5. The smallest absolute Gasteiger partial charge is 0.155 e. The molecule has 0 aliphatic heterocycles. The molecule has 152 valence electrons. The normalized spacial score (nSPS) is 35.8. The summed E-state index contributed by atoms with van der Waals surface area (Å²) in [6.45, 7) is 15.5. The minimum Gasteiger partial charge on any atom is -0.300 e. The Balaban J connectivity index is 2.37. The van der Waals surface area contributed by atoms with E-state index in [0.29, 0.717) is 24.0 Å². The minimum absolute atomic E-state index is 0.0362. The van der Waals surface area contributed by atoms with Gasteiger partial charge < -0.3 is 0 Å². The molecule has 0 saturated heterocycles. The Bertz CT molecular complexity index is 597. The van der Waals surface area contributed by atoms with E-state index in [9.17, 15) is 9.59 Å². The van der Waals surface area contributed by atoms with Crippen molar-refractivity contribution in [3.63, 3.8) is 0 Å². The van der Waals surface area contributed by atoms with Crippen molar-refractivity contribution in [2.45, 2.75) is 92.4 Å². The molecule has 0 aromatic rings. The highest BCUT2D eigenvalue weighted by Crippen LogP contribution is 2.57. The summed E-state index contributed by atoms with van der Waals surface area (Å²) in [4.78, 5) is 24.5. The van der Waals surface area contributed by atoms with Crippen LogP contribution in [0.25, 0.3) is 0 Å². The van der Waals surface area contributed by atoms with Crippen LogP contribution in [-0.2, 0) is 9.59 Å². The van der Waals surface area contributed by atoms with Crippen molar-refractivity contribution < 1.29 is 9.59 Å². The van der Waals surface area contributed by atoms with E-state index >= 15 is 0 Å². The first-order valence-corrected chi connectivity index (χ1v) is 11.0. The Morgan fingerprint density at radius 2 is 1.93 bits per heavy atom. The summed E-state index contributed by atoms with van der Waals surface area (Å²) >= 11 is 0. The van der Waals surface area contributed by atoms with E-state index in [1.165, 1.54) is 18.4 Å². The summed E-state index contributed by atoms with van der Waals surface area (Å²) in [5, 5.41) is 0. The molecule has 1 saturated carbocycles. The Labute approximate surface area is 166 Å². The van der Waals surface area contributed by atoms with Crippen molar-refractivity contribution in [3.05, 3.63) is 24.3 Å². The van der Waals surface area contributed by atoms with E-state index in [-0.39, 0.29) is 22.5 Å². The lowest BCUT2D eigenvalue weighted by Gasteiger charge is -2.44. The van der Waals surface area contributed by atoms with Crippen LogP contribution >= 0.6 is 0 Å².